The van der Waals surface area contributed by atoms with Crippen molar-refractivity contribution in [3.05, 3.63) is 11.8 Å². The second-order valence-corrected chi connectivity index (χ2v) is 4.93. The van der Waals surface area contributed by atoms with E-state index in [9.17, 15) is 0 Å². The standard InChI is InChI=1S/C14H24N4O2/c1-3-19-13-10-11(2)16-14(17-13)18-7-4-12(5-8-18)20-9-6-15/h10,12H,3-9,15H2,1-2H3. The maximum atomic E-state index is 5.69. The lowest BCUT2D eigenvalue weighted by Crippen LogP contribution is -2.38. The molecule has 2 heterocycles. The van der Waals surface area contributed by atoms with Crippen molar-refractivity contribution in [2.75, 3.05) is 37.7 Å². The molecule has 0 aromatic carbocycles. The van der Waals surface area contributed by atoms with Crippen LogP contribution in [0.5, 0.6) is 5.88 Å². The lowest BCUT2D eigenvalue weighted by atomic mass is 10.1. The van der Waals surface area contributed by atoms with Gasteiger partial charge in [-0.25, -0.2) is 4.98 Å². The van der Waals surface area contributed by atoms with Crippen molar-refractivity contribution in [2.45, 2.75) is 32.8 Å². The Kier molecular flexibility index (Phi) is 5.55. The highest BCUT2D eigenvalue weighted by Crippen LogP contribution is 2.21. The molecule has 0 saturated carbocycles. The van der Waals surface area contributed by atoms with Crippen molar-refractivity contribution in [1.82, 2.24) is 9.97 Å². The molecule has 1 fully saturated rings. The van der Waals surface area contributed by atoms with Crippen molar-refractivity contribution in [3.8, 4) is 5.88 Å². The Balaban J connectivity index is 1.96. The van der Waals surface area contributed by atoms with Crippen molar-refractivity contribution in [1.29, 1.82) is 0 Å². The minimum absolute atomic E-state index is 0.311. The van der Waals surface area contributed by atoms with E-state index in [0.717, 1.165) is 37.6 Å². The van der Waals surface area contributed by atoms with Gasteiger partial charge >= 0.3 is 0 Å². The van der Waals surface area contributed by atoms with E-state index in [1.165, 1.54) is 0 Å². The van der Waals surface area contributed by atoms with Gasteiger partial charge in [0.2, 0.25) is 11.8 Å². The molecule has 1 aromatic heterocycles. The number of nitrogens with two attached hydrogens (primary N) is 1. The summed E-state index contributed by atoms with van der Waals surface area (Å²) in [6, 6.07) is 1.87. The van der Waals surface area contributed by atoms with Crippen LogP contribution in [0.15, 0.2) is 6.07 Å². The van der Waals surface area contributed by atoms with Crippen LogP contribution in [0.1, 0.15) is 25.5 Å². The van der Waals surface area contributed by atoms with Crippen LogP contribution in [0, 0.1) is 6.92 Å². The first-order chi connectivity index (χ1) is 9.72. The van der Waals surface area contributed by atoms with E-state index in [4.69, 9.17) is 15.2 Å². The van der Waals surface area contributed by atoms with E-state index in [0.29, 0.717) is 31.7 Å². The molecule has 0 aliphatic carbocycles. The molecule has 6 nitrogen and oxygen atoms in total. The molecule has 0 radical (unpaired) electrons. The smallest absolute Gasteiger partial charge is 0.228 e. The van der Waals surface area contributed by atoms with E-state index >= 15 is 0 Å². The number of ether oxygens (including phenoxy) is 2. The second-order valence-electron chi connectivity index (χ2n) is 4.93. The van der Waals surface area contributed by atoms with Crippen molar-refractivity contribution in [2.24, 2.45) is 5.73 Å². The van der Waals surface area contributed by atoms with Gasteiger partial charge in [-0.05, 0) is 26.7 Å². The number of piperidine rings is 1. The van der Waals surface area contributed by atoms with Gasteiger partial charge in [0.25, 0.3) is 0 Å². The van der Waals surface area contributed by atoms with Crippen LogP contribution in [0.2, 0.25) is 0 Å². The van der Waals surface area contributed by atoms with Gasteiger partial charge in [0.15, 0.2) is 0 Å². The number of hydrogen-bond donors (Lipinski definition) is 1. The lowest BCUT2D eigenvalue weighted by Gasteiger charge is -2.32. The normalized spacial score (nSPS) is 16.4. The fraction of sp³-hybridized carbons (Fsp3) is 0.714. The molecule has 0 amide bonds. The quantitative estimate of drug-likeness (QED) is 0.842. The molecule has 0 spiro atoms. The third-order valence-corrected chi connectivity index (χ3v) is 3.31. The zero-order valence-corrected chi connectivity index (χ0v) is 12.3. The summed E-state index contributed by atoms with van der Waals surface area (Å²) < 4.78 is 11.2. The number of aromatic nitrogens is 2. The molecule has 6 heteroatoms. The number of anilines is 1. The minimum atomic E-state index is 0.311. The van der Waals surface area contributed by atoms with Gasteiger partial charge in [-0.15, -0.1) is 0 Å². The van der Waals surface area contributed by atoms with E-state index in [2.05, 4.69) is 14.9 Å². The third-order valence-electron chi connectivity index (χ3n) is 3.31. The molecule has 1 aliphatic rings. The van der Waals surface area contributed by atoms with Crippen LogP contribution < -0.4 is 15.4 Å². The minimum Gasteiger partial charge on any atom is -0.478 e. The Morgan fingerprint density at radius 1 is 1.35 bits per heavy atom. The summed E-state index contributed by atoms with van der Waals surface area (Å²) >= 11 is 0. The fourth-order valence-corrected chi connectivity index (χ4v) is 2.34. The zero-order valence-electron chi connectivity index (χ0n) is 12.3. The number of rotatable bonds is 6. The molecule has 1 aliphatic heterocycles. The molecular formula is C14H24N4O2. The van der Waals surface area contributed by atoms with E-state index in [-0.39, 0.29) is 0 Å². The van der Waals surface area contributed by atoms with E-state index < -0.39 is 0 Å². The van der Waals surface area contributed by atoms with Crippen LogP contribution in [0.4, 0.5) is 5.95 Å². The molecule has 0 unspecified atom stereocenters. The second kappa shape index (κ2) is 7.40. The topological polar surface area (TPSA) is 73.5 Å². The van der Waals surface area contributed by atoms with E-state index in [1.807, 2.05) is 19.9 Å². The lowest BCUT2D eigenvalue weighted by molar-refractivity contribution is 0.0420. The Labute approximate surface area is 120 Å². The van der Waals surface area contributed by atoms with Gasteiger partial charge in [-0.2, -0.15) is 4.98 Å². The van der Waals surface area contributed by atoms with Gasteiger partial charge in [0, 0.05) is 31.4 Å². The Morgan fingerprint density at radius 2 is 2.10 bits per heavy atom. The van der Waals surface area contributed by atoms with Crippen LogP contribution in [0.3, 0.4) is 0 Å². The number of nitrogens with zero attached hydrogens (tertiary/aromatic N) is 3. The van der Waals surface area contributed by atoms with Crippen LogP contribution >= 0.6 is 0 Å². The Hall–Kier alpha value is -1.40. The van der Waals surface area contributed by atoms with Crippen LogP contribution in [0.25, 0.3) is 0 Å². The summed E-state index contributed by atoms with van der Waals surface area (Å²) in [6.45, 7) is 7.57. The van der Waals surface area contributed by atoms with Gasteiger partial charge in [0.1, 0.15) is 0 Å². The van der Waals surface area contributed by atoms with Gasteiger partial charge in [-0.3, -0.25) is 0 Å². The highest BCUT2D eigenvalue weighted by molar-refractivity contribution is 5.34. The van der Waals surface area contributed by atoms with Gasteiger partial charge in [-0.1, -0.05) is 0 Å². The van der Waals surface area contributed by atoms with Crippen LogP contribution in [-0.4, -0.2) is 48.9 Å². The van der Waals surface area contributed by atoms with Crippen molar-refractivity contribution < 1.29 is 9.47 Å². The highest BCUT2D eigenvalue weighted by atomic mass is 16.5. The largest absolute Gasteiger partial charge is 0.478 e. The third kappa shape index (κ3) is 4.05. The summed E-state index contributed by atoms with van der Waals surface area (Å²) in [4.78, 5) is 11.2. The Bertz CT molecular complexity index is 420. The number of aryl methyl sites for hydroxylation is 1. The molecule has 1 aromatic rings. The SMILES string of the molecule is CCOc1cc(C)nc(N2CCC(OCCN)CC2)n1. The number of hydrogen-bond acceptors (Lipinski definition) is 6. The van der Waals surface area contributed by atoms with Crippen LogP contribution in [-0.2, 0) is 4.74 Å². The zero-order chi connectivity index (χ0) is 14.4. The molecular weight excluding hydrogens is 256 g/mol. The first-order valence-corrected chi connectivity index (χ1v) is 7.28. The summed E-state index contributed by atoms with van der Waals surface area (Å²) in [5, 5.41) is 0. The molecule has 20 heavy (non-hydrogen) atoms. The monoisotopic (exact) mass is 280 g/mol. The summed E-state index contributed by atoms with van der Waals surface area (Å²) in [7, 11) is 0. The van der Waals surface area contributed by atoms with Crippen molar-refractivity contribution >= 4 is 5.95 Å². The van der Waals surface area contributed by atoms with Crippen molar-refractivity contribution in [3.63, 3.8) is 0 Å². The maximum absolute atomic E-state index is 5.69. The summed E-state index contributed by atoms with van der Waals surface area (Å²) in [6.07, 6.45) is 2.29. The first kappa shape index (κ1) is 15.0. The molecule has 112 valence electrons. The highest BCUT2D eigenvalue weighted by Gasteiger charge is 2.21. The Morgan fingerprint density at radius 3 is 2.75 bits per heavy atom. The molecule has 0 atom stereocenters. The first-order valence-electron chi connectivity index (χ1n) is 7.28. The molecule has 2 N–H and O–H groups in total. The van der Waals surface area contributed by atoms with Gasteiger partial charge in [0.05, 0.1) is 19.3 Å². The average Bonchev–Trinajstić information content (AvgIpc) is 2.45. The van der Waals surface area contributed by atoms with E-state index in [1.54, 1.807) is 0 Å². The predicted molar refractivity (Wildman–Crippen MR) is 78.2 cm³/mol. The predicted octanol–water partition coefficient (Wildman–Crippen LogP) is 1.13. The molecule has 1 saturated heterocycles. The summed E-state index contributed by atoms with van der Waals surface area (Å²) in [5.74, 6) is 1.40. The molecule has 0 bridgehead atoms. The maximum Gasteiger partial charge on any atom is 0.228 e. The van der Waals surface area contributed by atoms with Gasteiger partial charge < -0.3 is 20.1 Å². The average molecular weight is 280 g/mol. The fourth-order valence-electron chi connectivity index (χ4n) is 2.34. The molecule has 2 rings (SSSR count). The summed E-state index contributed by atoms with van der Waals surface area (Å²) in [5.41, 5.74) is 6.39.